The normalized spacial score (nSPS) is 23.0. The molecule has 1 N–H and O–H groups in total. The van der Waals surface area contributed by atoms with Crippen molar-refractivity contribution < 1.29 is 0 Å². The Kier molecular flexibility index (Phi) is 6.20. The summed E-state index contributed by atoms with van der Waals surface area (Å²) in [6.45, 7) is 2.54. The molecule has 122 valence electrons. The Bertz CT molecular complexity index is 447. The number of hydrogen-bond donors (Lipinski definition) is 1. The molecular formula is C19H29BrN2. The second-order valence-electron chi connectivity index (χ2n) is 6.93. The van der Waals surface area contributed by atoms with Gasteiger partial charge in [0.1, 0.15) is 0 Å². The predicted octanol–water partition coefficient (Wildman–Crippen LogP) is 5.44. The van der Waals surface area contributed by atoms with Gasteiger partial charge in [0.25, 0.3) is 0 Å². The van der Waals surface area contributed by atoms with Crippen molar-refractivity contribution in [1.29, 1.82) is 0 Å². The summed E-state index contributed by atoms with van der Waals surface area (Å²) in [5.41, 5.74) is 1.24. The minimum absolute atomic E-state index is 0.628. The third-order valence-electron chi connectivity index (χ3n) is 5.35. The SMILES string of the molecule is Brc1ccccc1NC1CCN(C2CCCCCCC2)CC1. The van der Waals surface area contributed by atoms with Crippen molar-refractivity contribution in [2.45, 2.75) is 69.9 Å². The topological polar surface area (TPSA) is 15.3 Å². The van der Waals surface area contributed by atoms with E-state index in [9.17, 15) is 0 Å². The van der Waals surface area contributed by atoms with Crippen molar-refractivity contribution in [1.82, 2.24) is 4.90 Å². The maximum absolute atomic E-state index is 3.72. The van der Waals surface area contributed by atoms with Gasteiger partial charge >= 0.3 is 0 Å². The summed E-state index contributed by atoms with van der Waals surface area (Å²) in [6, 6.07) is 9.97. The van der Waals surface area contributed by atoms with Gasteiger partial charge in [0.2, 0.25) is 0 Å². The summed E-state index contributed by atoms with van der Waals surface area (Å²) in [6.07, 6.45) is 12.7. The lowest BCUT2D eigenvalue weighted by Gasteiger charge is -2.39. The highest BCUT2D eigenvalue weighted by molar-refractivity contribution is 9.10. The molecule has 3 rings (SSSR count). The first-order valence-electron chi connectivity index (χ1n) is 9.08. The lowest BCUT2D eigenvalue weighted by molar-refractivity contribution is 0.133. The van der Waals surface area contributed by atoms with Crippen LogP contribution in [0.2, 0.25) is 0 Å². The standard InChI is InChI=1S/C19H29BrN2/c20-18-10-6-7-11-19(18)21-16-12-14-22(15-13-16)17-8-4-2-1-3-5-9-17/h6-7,10-11,16-17,21H,1-5,8-9,12-15H2. The van der Waals surface area contributed by atoms with E-state index in [1.54, 1.807) is 0 Å². The molecule has 3 heteroatoms. The van der Waals surface area contributed by atoms with Gasteiger partial charge in [-0.05, 0) is 53.7 Å². The molecule has 0 atom stereocenters. The van der Waals surface area contributed by atoms with Gasteiger partial charge in [-0.25, -0.2) is 0 Å². The van der Waals surface area contributed by atoms with Crippen molar-refractivity contribution in [3.63, 3.8) is 0 Å². The van der Waals surface area contributed by atoms with E-state index in [2.05, 4.69) is 50.4 Å². The van der Waals surface area contributed by atoms with Gasteiger partial charge in [-0.3, -0.25) is 0 Å². The first-order valence-corrected chi connectivity index (χ1v) is 9.87. The number of benzene rings is 1. The van der Waals surface area contributed by atoms with E-state index in [0.29, 0.717) is 6.04 Å². The highest BCUT2D eigenvalue weighted by Gasteiger charge is 2.25. The molecule has 1 aromatic rings. The quantitative estimate of drug-likeness (QED) is 0.767. The summed E-state index contributed by atoms with van der Waals surface area (Å²) in [4.78, 5) is 2.78. The second kappa shape index (κ2) is 8.35. The van der Waals surface area contributed by atoms with Crippen LogP contribution in [0.3, 0.4) is 0 Å². The van der Waals surface area contributed by atoms with Crippen molar-refractivity contribution in [2.75, 3.05) is 18.4 Å². The number of piperidine rings is 1. The second-order valence-corrected chi connectivity index (χ2v) is 7.79. The van der Waals surface area contributed by atoms with Crippen LogP contribution in [0.15, 0.2) is 28.7 Å². The fourth-order valence-corrected chi connectivity index (χ4v) is 4.41. The molecule has 0 unspecified atom stereocenters. The highest BCUT2D eigenvalue weighted by atomic mass is 79.9. The summed E-state index contributed by atoms with van der Waals surface area (Å²) in [5, 5.41) is 3.72. The Morgan fingerprint density at radius 1 is 0.864 bits per heavy atom. The van der Waals surface area contributed by atoms with E-state index in [1.807, 2.05) is 0 Å². The van der Waals surface area contributed by atoms with Crippen LogP contribution < -0.4 is 5.32 Å². The largest absolute Gasteiger partial charge is 0.381 e. The fraction of sp³-hybridized carbons (Fsp3) is 0.684. The Hall–Kier alpha value is -0.540. The molecule has 0 spiro atoms. The smallest absolute Gasteiger partial charge is 0.0486 e. The summed E-state index contributed by atoms with van der Waals surface area (Å²) < 4.78 is 1.18. The average molecular weight is 365 g/mol. The van der Waals surface area contributed by atoms with Gasteiger partial charge in [0.05, 0.1) is 0 Å². The minimum Gasteiger partial charge on any atom is -0.381 e. The minimum atomic E-state index is 0.628. The van der Waals surface area contributed by atoms with Crippen LogP contribution in [0.25, 0.3) is 0 Å². The maximum Gasteiger partial charge on any atom is 0.0486 e. The molecule has 1 aliphatic carbocycles. The number of hydrogen-bond acceptors (Lipinski definition) is 2. The van der Waals surface area contributed by atoms with Crippen molar-refractivity contribution >= 4 is 21.6 Å². The maximum atomic E-state index is 3.72. The van der Waals surface area contributed by atoms with Crippen molar-refractivity contribution in [3.05, 3.63) is 28.7 Å². The van der Waals surface area contributed by atoms with Crippen molar-refractivity contribution in [2.24, 2.45) is 0 Å². The number of halogens is 1. The molecule has 1 saturated carbocycles. The van der Waals surface area contributed by atoms with E-state index in [0.717, 1.165) is 6.04 Å². The van der Waals surface area contributed by atoms with E-state index in [-0.39, 0.29) is 0 Å². The summed E-state index contributed by atoms with van der Waals surface area (Å²) in [5.74, 6) is 0. The summed E-state index contributed by atoms with van der Waals surface area (Å²) in [7, 11) is 0. The Morgan fingerprint density at radius 2 is 1.50 bits per heavy atom. The van der Waals surface area contributed by atoms with Crippen LogP contribution in [0.4, 0.5) is 5.69 Å². The monoisotopic (exact) mass is 364 g/mol. The number of nitrogens with zero attached hydrogens (tertiary/aromatic N) is 1. The third kappa shape index (κ3) is 4.48. The molecule has 2 nitrogen and oxygen atoms in total. The molecule has 0 bridgehead atoms. The van der Waals surface area contributed by atoms with Crippen LogP contribution in [0, 0.1) is 0 Å². The van der Waals surface area contributed by atoms with E-state index >= 15 is 0 Å². The zero-order chi connectivity index (χ0) is 15.2. The first-order chi connectivity index (χ1) is 10.8. The van der Waals surface area contributed by atoms with Crippen LogP contribution in [0.5, 0.6) is 0 Å². The lowest BCUT2D eigenvalue weighted by atomic mass is 9.93. The van der Waals surface area contributed by atoms with Gasteiger partial charge in [-0.1, -0.05) is 44.2 Å². The molecule has 1 aliphatic heterocycles. The van der Waals surface area contributed by atoms with E-state index in [4.69, 9.17) is 0 Å². The molecule has 2 fully saturated rings. The van der Waals surface area contributed by atoms with Gasteiger partial charge in [-0.2, -0.15) is 0 Å². The number of rotatable bonds is 3. The van der Waals surface area contributed by atoms with Crippen LogP contribution in [-0.4, -0.2) is 30.1 Å². The molecule has 2 aliphatic rings. The molecule has 22 heavy (non-hydrogen) atoms. The van der Waals surface area contributed by atoms with Gasteiger partial charge in [0, 0.05) is 35.3 Å². The van der Waals surface area contributed by atoms with Gasteiger partial charge in [-0.15, -0.1) is 0 Å². The zero-order valence-corrected chi connectivity index (χ0v) is 15.2. The Labute approximate surface area is 143 Å². The van der Waals surface area contributed by atoms with Crippen LogP contribution >= 0.6 is 15.9 Å². The summed E-state index contributed by atoms with van der Waals surface area (Å²) >= 11 is 3.64. The highest BCUT2D eigenvalue weighted by Crippen LogP contribution is 2.27. The lowest BCUT2D eigenvalue weighted by Crippen LogP contribution is -2.44. The van der Waals surface area contributed by atoms with Gasteiger partial charge < -0.3 is 10.2 Å². The predicted molar refractivity (Wildman–Crippen MR) is 98.5 cm³/mol. The molecule has 1 aromatic carbocycles. The molecule has 0 radical (unpaired) electrons. The number of anilines is 1. The number of likely N-dealkylation sites (tertiary alicyclic amines) is 1. The third-order valence-corrected chi connectivity index (χ3v) is 6.05. The molecule has 1 saturated heterocycles. The fourth-order valence-electron chi connectivity index (χ4n) is 4.01. The van der Waals surface area contributed by atoms with E-state index in [1.165, 1.54) is 81.0 Å². The van der Waals surface area contributed by atoms with Gasteiger partial charge in [0.15, 0.2) is 0 Å². The zero-order valence-electron chi connectivity index (χ0n) is 13.6. The Morgan fingerprint density at radius 3 is 2.18 bits per heavy atom. The van der Waals surface area contributed by atoms with Crippen molar-refractivity contribution in [3.8, 4) is 0 Å². The number of para-hydroxylation sites is 1. The van der Waals surface area contributed by atoms with E-state index < -0.39 is 0 Å². The molecule has 0 amide bonds. The average Bonchev–Trinajstić information content (AvgIpc) is 2.50. The Balaban J connectivity index is 1.48. The first kappa shape index (κ1) is 16.3. The van der Waals surface area contributed by atoms with Crippen LogP contribution in [0.1, 0.15) is 57.8 Å². The number of nitrogens with one attached hydrogen (secondary N) is 1. The van der Waals surface area contributed by atoms with Crippen LogP contribution in [-0.2, 0) is 0 Å². The molecule has 1 heterocycles. The molecular weight excluding hydrogens is 336 g/mol. The molecule has 0 aromatic heterocycles.